The number of hydrogen-bond acceptors (Lipinski definition) is 5. The molecule has 1 unspecified atom stereocenters. The van der Waals surface area contributed by atoms with Crippen molar-refractivity contribution in [3.8, 4) is 11.5 Å². The van der Waals surface area contributed by atoms with Crippen LogP contribution in [0.15, 0.2) is 18.2 Å². The minimum atomic E-state index is -0.492. The second-order valence-electron chi connectivity index (χ2n) is 6.93. The van der Waals surface area contributed by atoms with Crippen LogP contribution in [0, 0.1) is 0 Å². The highest BCUT2D eigenvalue weighted by Crippen LogP contribution is 2.24. The maximum atomic E-state index is 11.8. The molecule has 0 radical (unpaired) electrons. The van der Waals surface area contributed by atoms with Crippen LogP contribution in [0.1, 0.15) is 46.1 Å². The molecule has 1 aromatic carbocycles. The monoisotopic (exact) mass is 352 g/mol. The summed E-state index contributed by atoms with van der Waals surface area (Å²) in [7, 11) is 3.28. The highest BCUT2D eigenvalue weighted by molar-refractivity contribution is 5.67. The van der Waals surface area contributed by atoms with Gasteiger partial charge < -0.3 is 24.8 Å². The number of alkyl carbamates (subject to hydrolysis) is 1. The maximum Gasteiger partial charge on any atom is 0.407 e. The Hall–Kier alpha value is -1.95. The fourth-order valence-electron chi connectivity index (χ4n) is 2.40. The molecule has 0 saturated carbocycles. The SMILES string of the molecule is CCCC(CNC(=O)OC(C)(C)C)NCc1ccc(OC)cc1OC. The number of ether oxygens (including phenoxy) is 3. The first-order chi connectivity index (χ1) is 11.8. The molecule has 0 aliphatic carbocycles. The largest absolute Gasteiger partial charge is 0.497 e. The van der Waals surface area contributed by atoms with Gasteiger partial charge in [0, 0.05) is 30.8 Å². The predicted molar refractivity (Wildman–Crippen MR) is 99.3 cm³/mol. The summed E-state index contributed by atoms with van der Waals surface area (Å²) in [6.45, 7) is 8.84. The molecule has 142 valence electrons. The zero-order valence-corrected chi connectivity index (χ0v) is 16.3. The summed E-state index contributed by atoms with van der Waals surface area (Å²) in [6, 6.07) is 5.91. The van der Waals surface area contributed by atoms with Crippen LogP contribution in [0.2, 0.25) is 0 Å². The number of nitrogens with one attached hydrogen (secondary N) is 2. The van der Waals surface area contributed by atoms with Crippen molar-refractivity contribution in [3.63, 3.8) is 0 Å². The van der Waals surface area contributed by atoms with Crippen molar-refractivity contribution in [3.05, 3.63) is 23.8 Å². The third-order valence-corrected chi connectivity index (χ3v) is 3.60. The molecule has 0 bridgehead atoms. The van der Waals surface area contributed by atoms with Crippen molar-refractivity contribution in [1.29, 1.82) is 0 Å². The van der Waals surface area contributed by atoms with E-state index in [1.807, 2.05) is 39.0 Å². The second kappa shape index (κ2) is 10.1. The van der Waals surface area contributed by atoms with Gasteiger partial charge in [-0.05, 0) is 33.3 Å². The zero-order chi connectivity index (χ0) is 18.9. The summed E-state index contributed by atoms with van der Waals surface area (Å²) in [5, 5.41) is 6.31. The van der Waals surface area contributed by atoms with Gasteiger partial charge >= 0.3 is 6.09 Å². The predicted octanol–water partition coefficient (Wildman–Crippen LogP) is 3.49. The lowest BCUT2D eigenvalue weighted by Crippen LogP contribution is -2.42. The van der Waals surface area contributed by atoms with Crippen LogP contribution < -0.4 is 20.1 Å². The number of benzene rings is 1. The quantitative estimate of drug-likeness (QED) is 0.712. The van der Waals surface area contributed by atoms with Gasteiger partial charge in [-0.15, -0.1) is 0 Å². The van der Waals surface area contributed by atoms with E-state index in [2.05, 4.69) is 17.6 Å². The van der Waals surface area contributed by atoms with E-state index in [9.17, 15) is 4.79 Å². The van der Waals surface area contributed by atoms with Gasteiger partial charge in [-0.2, -0.15) is 0 Å². The van der Waals surface area contributed by atoms with Gasteiger partial charge in [-0.25, -0.2) is 4.79 Å². The molecule has 0 aromatic heterocycles. The van der Waals surface area contributed by atoms with Gasteiger partial charge in [0.25, 0.3) is 0 Å². The van der Waals surface area contributed by atoms with E-state index in [4.69, 9.17) is 14.2 Å². The van der Waals surface area contributed by atoms with E-state index < -0.39 is 11.7 Å². The Balaban J connectivity index is 2.59. The highest BCUT2D eigenvalue weighted by Gasteiger charge is 2.17. The number of carbonyl (C=O) groups is 1. The van der Waals surface area contributed by atoms with E-state index in [-0.39, 0.29) is 6.04 Å². The van der Waals surface area contributed by atoms with E-state index in [1.54, 1.807) is 14.2 Å². The third kappa shape index (κ3) is 8.12. The number of amides is 1. The smallest absolute Gasteiger partial charge is 0.407 e. The van der Waals surface area contributed by atoms with Gasteiger partial charge in [0.2, 0.25) is 0 Å². The lowest BCUT2D eigenvalue weighted by atomic mass is 10.1. The van der Waals surface area contributed by atoms with Crippen LogP contribution in [0.4, 0.5) is 4.79 Å². The van der Waals surface area contributed by atoms with Crippen LogP contribution in [-0.4, -0.2) is 38.5 Å². The van der Waals surface area contributed by atoms with Crippen LogP contribution in [0.3, 0.4) is 0 Å². The van der Waals surface area contributed by atoms with Gasteiger partial charge in [0.1, 0.15) is 17.1 Å². The minimum Gasteiger partial charge on any atom is -0.497 e. The number of carbonyl (C=O) groups excluding carboxylic acids is 1. The molecule has 1 aromatic rings. The summed E-state index contributed by atoms with van der Waals surface area (Å²) < 4.78 is 15.9. The van der Waals surface area contributed by atoms with Crippen molar-refractivity contribution < 1.29 is 19.0 Å². The van der Waals surface area contributed by atoms with E-state index in [0.717, 1.165) is 29.9 Å². The molecule has 0 aliphatic rings. The molecule has 25 heavy (non-hydrogen) atoms. The first-order valence-electron chi connectivity index (χ1n) is 8.70. The molecular formula is C19H32N2O4. The van der Waals surface area contributed by atoms with Gasteiger partial charge in [-0.3, -0.25) is 0 Å². The Labute approximate surface area is 151 Å². The van der Waals surface area contributed by atoms with Crippen molar-refractivity contribution >= 4 is 6.09 Å². The van der Waals surface area contributed by atoms with E-state index in [1.165, 1.54) is 0 Å². The molecule has 0 aliphatic heterocycles. The van der Waals surface area contributed by atoms with Crippen molar-refractivity contribution in [1.82, 2.24) is 10.6 Å². The van der Waals surface area contributed by atoms with Crippen molar-refractivity contribution in [2.24, 2.45) is 0 Å². The molecule has 1 rings (SSSR count). The Morgan fingerprint density at radius 1 is 1.20 bits per heavy atom. The summed E-state index contributed by atoms with van der Waals surface area (Å²) in [5.74, 6) is 1.54. The first-order valence-corrected chi connectivity index (χ1v) is 8.70. The standard InChI is InChI=1S/C19H32N2O4/c1-7-8-15(13-21-18(22)25-19(2,3)4)20-12-14-9-10-16(23-5)11-17(14)24-6/h9-11,15,20H,7-8,12-13H2,1-6H3,(H,21,22). The molecule has 0 saturated heterocycles. The summed E-state index contributed by atoms with van der Waals surface area (Å²) >= 11 is 0. The van der Waals surface area contributed by atoms with Crippen LogP contribution >= 0.6 is 0 Å². The van der Waals surface area contributed by atoms with E-state index >= 15 is 0 Å². The molecule has 1 amide bonds. The zero-order valence-electron chi connectivity index (χ0n) is 16.3. The molecule has 6 nitrogen and oxygen atoms in total. The summed E-state index contributed by atoms with van der Waals surface area (Å²) in [4.78, 5) is 11.8. The Morgan fingerprint density at radius 3 is 2.48 bits per heavy atom. The Kier molecular flexibility index (Phi) is 8.55. The average molecular weight is 352 g/mol. The fourth-order valence-corrected chi connectivity index (χ4v) is 2.40. The van der Waals surface area contributed by atoms with Crippen LogP contribution in [0.25, 0.3) is 0 Å². The first kappa shape index (κ1) is 21.1. The Bertz CT molecular complexity index is 541. The molecule has 1 atom stereocenters. The lowest BCUT2D eigenvalue weighted by molar-refractivity contribution is 0.0521. The van der Waals surface area contributed by atoms with Crippen LogP contribution in [0.5, 0.6) is 11.5 Å². The van der Waals surface area contributed by atoms with Gasteiger partial charge in [0.15, 0.2) is 0 Å². The summed E-state index contributed by atoms with van der Waals surface area (Å²) in [5.41, 5.74) is 0.551. The molecule has 2 N–H and O–H groups in total. The van der Waals surface area contributed by atoms with Crippen molar-refractivity contribution in [2.45, 2.75) is 58.7 Å². The molecule has 0 spiro atoms. The molecule has 0 fully saturated rings. The molecule has 6 heteroatoms. The normalized spacial score (nSPS) is 12.4. The minimum absolute atomic E-state index is 0.157. The second-order valence-corrected chi connectivity index (χ2v) is 6.93. The number of rotatable bonds is 9. The number of methoxy groups -OCH3 is 2. The number of hydrogen-bond donors (Lipinski definition) is 2. The topological polar surface area (TPSA) is 68.8 Å². The Morgan fingerprint density at radius 2 is 1.92 bits per heavy atom. The van der Waals surface area contributed by atoms with E-state index in [0.29, 0.717) is 13.1 Å². The van der Waals surface area contributed by atoms with Gasteiger partial charge in [0.05, 0.1) is 14.2 Å². The van der Waals surface area contributed by atoms with Crippen LogP contribution in [-0.2, 0) is 11.3 Å². The third-order valence-electron chi connectivity index (χ3n) is 3.60. The average Bonchev–Trinajstić information content (AvgIpc) is 2.55. The molecular weight excluding hydrogens is 320 g/mol. The summed E-state index contributed by atoms with van der Waals surface area (Å²) in [6.07, 6.45) is 1.58. The fraction of sp³-hybridized carbons (Fsp3) is 0.632. The highest BCUT2D eigenvalue weighted by atomic mass is 16.6. The lowest BCUT2D eigenvalue weighted by Gasteiger charge is -2.23. The molecule has 0 heterocycles. The van der Waals surface area contributed by atoms with Gasteiger partial charge in [-0.1, -0.05) is 19.4 Å². The maximum absolute atomic E-state index is 11.8. The van der Waals surface area contributed by atoms with Crippen molar-refractivity contribution in [2.75, 3.05) is 20.8 Å².